The average Bonchev–Trinajstić information content (AvgIpc) is 3.28. The lowest BCUT2D eigenvalue weighted by Crippen LogP contribution is -2.27. The summed E-state index contributed by atoms with van der Waals surface area (Å²) in [7, 11) is 1.65. The quantitative estimate of drug-likeness (QED) is 0.314. The maximum absolute atomic E-state index is 13.2. The number of aryl methyl sites for hydroxylation is 1. The maximum atomic E-state index is 13.2. The predicted molar refractivity (Wildman–Crippen MR) is 137 cm³/mol. The van der Waals surface area contributed by atoms with Crippen molar-refractivity contribution in [3.63, 3.8) is 0 Å². The van der Waals surface area contributed by atoms with Crippen molar-refractivity contribution in [1.82, 2.24) is 9.47 Å². The van der Waals surface area contributed by atoms with Crippen LogP contribution in [-0.2, 0) is 11.3 Å². The molecule has 0 spiro atoms. The number of imide groups is 1. The van der Waals surface area contributed by atoms with Crippen LogP contribution in [0.25, 0.3) is 22.5 Å². The predicted octanol–water partition coefficient (Wildman–Crippen LogP) is 6.49. The first-order valence-electron chi connectivity index (χ1n) is 11.0. The van der Waals surface area contributed by atoms with E-state index in [2.05, 4.69) is 4.57 Å². The molecule has 2 amide bonds. The smallest absolute Gasteiger partial charge is 0.293 e. The lowest BCUT2D eigenvalue weighted by molar-refractivity contribution is -0.123. The molecule has 170 valence electrons. The Morgan fingerprint density at radius 1 is 0.941 bits per heavy atom. The van der Waals surface area contributed by atoms with E-state index in [-0.39, 0.29) is 17.7 Å². The standard InChI is InChI=1S/C28H24N2O3S/c1-18-15-22(19(2)30(18)23-11-13-24(33-3)14-12-23)16-26-27(31)29(28(32)34-26)17-21-9-6-8-20-7-4-5-10-25(20)21/h4-16H,17H2,1-3H3/b26-16-. The Morgan fingerprint density at radius 2 is 1.68 bits per heavy atom. The van der Waals surface area contributed by atoms with Gasteiger partial charge >= 0.3 is 0 Å². The van der Waals surface area contributed by atoms with Crippen molar-refractivity contribution in [3.05, 3.63) is 100 Å². The highest BCUT2D eigenvalue weighted by Gasteiger charge is 2.35. The Kier molecular flexibility index (Phi) is 5.75. The van der Waals surface area contributed by atoms with Gasteiger partial charge in [0.1, 0.15) is 5.75 Å². The fourth-order valence-corrected chi connectivity index (χ4v) is 5.27. The molecular weight excluding hydrogens is 444 g/mol. The van der Waals surface area contributed by atoms with E-state index in [1.165, 1.54) is 4.90 Å². The fraction of sp³-hybridized carbons (Fsp3) is 0.143. The average molecular weight is 469 g/mol. The van der Waals surface area contributed by atoms with Gasteiger partial charge in [0.2, 0.25) is 0 Å². The highest BCUT2D eigenvalue weighted by Crippen LogP contribution is 2.35. The highest BCUT2D eigenvalue weighted by molar-refractivity contribution is 8.18. The third-order valence-corrected chi connectivity index (χ3v) is 7.08. The second-order valence-corrected chi connectivity index (χ2v) is 9.26. The maximum Gasteiger partial charge on any atom is 0.293 e. The number of methoxy groups -OCH3 is 1. The van der Waals surface area contributed by atoms with Crippen LogP contribution in [0.1, 0.15) is 22.5 Å². The summed E-state index contributed by atoms with van der Waals surface area (Å²) in [6.45, 7) is 4.30. The van der Waals surface area contributed by atoms with Crippen LogP contribution >= 0.6 is 11.8 Å². The molecule has 0 bridgehead atoms. The number of fused-ring (bicyclic) bond motifs is 1. The van der Waals surface area contributed by atoms with Crippen molar-refractivity contribution in [1.29, 1.82) is 0 Å². The third kappa shape index (κ3) is 3.90. The number of thioether (sulfide) groups is 1. The summed E-state index contributed by atoms with van der Waals surface area (Å²) in [5, 5.41) is 1.90. The van der Waals surface area contributed by atoms with E-state index in [9.17, 15) is 9.59 Å². The van der Waals surface area contributed by atoms with Crippen LogP contribution in [0.4, 0.5) is 4.79 Å². The molecule has 1 fully saturated rings. The van der Waals surface area contributed by atoms with Crippen LogP contribution in [0.5, 0.6) is 5.75 Å². The minimum absolute atomic E-state index is 0.242. The zero-order valence-electron chi connectivity index (χ0n) is 19.2. The van der Waals surface area contributed by atoms with Crippen molar-refractivity contribution >= 4 is 39.8 Å². The normalized spacial score (nSPS) is 15.0. The molecular formula is C28H24N2O3S. The van der Waals surface area contributed by atoms with E-state index in [1.807, 2.05) is 92.7 Å². The summed E-state index contributed by atoms with van der Waals surface area (Å²) in [4.78, 5) is 27.8. The fourth-order valence-electron chi connectivity index (χ4n) is 4.44. The van der Waals surface area contributed by atoms with E-state index in [0.29, 0.717) is 4.91 Å². The number of rotatable bonds is 5. The number of hydrogen-bond donors (Lipinski definition) is 0. The molecule has 6 heteroatoms. The SMILES string of the molecule is COc1ccc(-n2c(C)cc(/C=C3\SC(=O)N(Cc4cccc5ccccc45)C3=O)c2C)cc1. The van der Waals surface area contributed by atoms with Crippen LogP contribution < -0.4 is 4.74 Å². The molecule has 0 radical (unpaired) electrons. The summed E-state index contributed by atoms with van der Waals surface area (Å²) in [6, 6.07) is 23.9. The van der Waals surface area contributed by atoms with Crippen LogP contribution in [0.15, 0.2) is 77.7 Å². The van der Waals surface area contributed by atoms with Crippen molar-refractivity contribution in [2.45, 2.75) is 20.4 Å². The number of nitrogens with zero attached hydrogens (tertiary/aromatic N) is 2. The second kappa shape index (κ2) is 8.88. The number of ether oxygens (including phenoxy) is 1. The molecule has 0 atom stereocenters. The van der Waals surface area contributed by atoms with Crippen molar-refractivity contribution in [3.8, 4) is 11.4 Å². The Labute approximate surface area is 202 Å². The van der Waals surface area contributed by atoms with E-state index in [1.54, 1.807) is 7.11 Å². The third-order valence-electron chi connectivity index (χ3n) is 6.17. The number of hydrogen-bond acceptors (Lipinski definition) is 4. The molecule has 3 aromatic carbocycles. The zero-order valence-corrected chi connectivity index (χ0v) is 20.1. The summed E-state index contributed by atoms with van der Waals surface area (Å²) >= 11 is 0.999. The Balaban J connectivity index is 1.44. The minimum atomic E-state index is -0.253. The van der Waals surface area contributed by atoms with Gasteiger partial charge in [-0.3, -0.25) is 14.5 Å². The van der Waals surface area contributed by atoms with Gasteiger partial charge in [-0.25, -0.2) is 0 Å². The molecule has 34 heavy (non-hydrogen) atoms. The summed E-state index contributed by atoms with van der Waals surface area (Å²) in [6.07, 6.45) is 1.83. The van der Waals surface area contributed by atoms with Crippen LogP contribution in [0.3, 0.4) is 0 Å². The van der Waals surface area contributed by atoms with Gasteiger partial charge in [-0.15, -0.1) is 0 Å². The largest absolute Gasteiger partial charge is 0.497 e. The van der Waals surface area contributed by atoms with E-state index in [4.69, 9.17) is 4.74 Å². The van der Waals surface area contributed by atoms with Crippen LogP contribution in [-0.4, -0.2) is 27.7 Å². The molecule has 5 nitrogen and oxygen atoms in total. The van der Waals surface area contributed by atoms with Crippen LogP contribution in [0.2, 0.25) is 0 Å². The molecule has 5 rings (SSSR count). The molecule has 0 aliphatic carbocycles. The second-order valence-electron chi connectivity index (χ2n) is 8.27. The zero-order chi connectivity index (χ0) is 23.8. The van der Waals surface area contributed by atoms with E-state index < -0.39 is 0 Å². The van der Waals surface area contributed by atoms with Gasteiger partial charge in [0.15, 0.2) is 0 Å². The van der Waals surface area contributed by atoms with Gasteiger partial charge < -0.3 is 9.30 Å². The first kappa shape index (κ1) is 22.0. The lowest BCUT2D eigenvalue weighted by atomic mass is 10.0. The molecule has 1 saturated heterocycles. The van der Waals surface area contributed by atoms with Gasteiger partial charge in [0.05, 0.1) is 18.6 Å². The van der Waals surface area contributed by atoms with Gasteiger partial charge in [-0.05, 0) is 83.9 Å². The Bertz CT molecular complexity index is 1450. The van der Waals surface area contributed by atoms with Gasteiger partial charge in [0.25, 0.3) is 11.1 Å². The molecule has 2 heterocycles. The topological polar surface area (TPSA) is 51.5 Å². The monoisotopic (exact) mass is 468 g/mol. The van der Waals surface area contributed by atoms with Gasteiger partial charge in [0, 0.05) is 17.1 Å². The molecule has 4 aromatic rings. The summed E-state index contributed by atoms with van der Waals surface area (Å²) < 4.78 is 7.39. The molecule has 1 aliphatic rings. The summed E-state index contributed by atoms with van der Waals surface area (Å²) in [5.74, 6) is 0.545. The Morgan fingerprint density at radius 3 is 2.44 bits per heavy atom. The molecule has 0 unspecified atom stereocenters. The highest BCUT2D eigenvalue weighted by atomic mass is 32.2. The number of aromatic nitrogens is 1. The van der Waals surface area contributed by atoms with Crippen molar-refractivity contribution < 1.29 is 14.3 Å². The van der Waals surface area contributed by atoms with Gasteiger partial charge in [-0.2, -0.15) is 0 Å². The number of carbonyl (C=O) groups is 2. The lowest BCUT2D eigenvalue weighted by Gasteiger charge is -2.14. The van der Waals surface area contributed by atoms with Crippen LogP contribution in [0, 0.1) is 13.8 Å². The number of benzene rings is 3. The van der Waals surface area contributed by atoms with Crippen molar-refractivity contribution in [2.75, 3.05) is 7.11 Å². The summed E-state index contributed by atoms with van der Waals surface area (Å²) in [5.41, 5.74) is 4.94. The molecule has 1 aliphatic heterocycles. The number of amides is 2. The van der Waals surface area contributed by atoms with Gasteiger partial charge in [-0.1, -0.05) is 42.5 Å². The first-order chi connectivity index (χ1) is 16.5. The first-order valence-corrected chi connectivity index (χ1v) is 11.8. The molecule has 1 aromatic heterocycles. The van der Waals surface area contributed by atoms with Crippen molar-refractivity contribution in [2.24, 2.45) is 0 Å². The molecule has 0 N–H and O–H groups in total. The number of carbonyl (C=O) groups excluding carboxylic acids is 2. The molecule has 0 saturated carbocycles. The minimum Gasteiger partial charge on any atom is -0.497 e. The van der Waals surface area contributed by atoms with E-state index in [0.717, 1.165) is 56.5 Å². The van der Waals surface area contributed by atoms with E-state index >= 15 is 0 Å². The Hall–Kier alpha value is -3.77.